The Balaban J connectivity index is 1.95. The number of nitrogens with one attached hydrogen (secondary N) is 1. The molecular formula is C16H19N5. The van der Waals surface area contributed by atoms with Gasteiger partial charge in [0.15, 0.2) is 0 Å². The van der Waals surface area contributed by atoms with Crippen LogP contribution < -0.4 is 11.3 Å². The largest absolute Gasteiger partial charge is 0.271 e. The van der Waals surface area contributed by atoms with Gasteiger partial charge in [-0.2, -0.15) is 5.10 Å². The van der Waals surface area contributed by atoms with Crippen LogP contribution in [0.15, 0.2) is 43.0 Å². The molecule has 0 fully saturated rings. The molecule has 21 heavy (non-hydrogen) atoms. The highest BCUT2D eigenvalue weighted by Crippen LogP contribution is 2.22. The summed E-state index contributed by atoms with van der Waals surface area (Å²) in [5.41, 5.74) is 8.73. The maximum absolute atomic E-state index is 5.77. The summed E-state index contributed by atoms with van der Waals surface area (Å²) in [7, 11) is 0. The molecule has 3 aromatic rings. The zero-order valence-electron chi connectivity index (χ0n) is 12.2. The molecule has 1 aromatic carbocycles. The topological polar surface area (TPSA) is 68.2 Å². The Morgan fingerprint density at radius 3 is 2.67 bits per heavy atom. The standard InChI is InChI=1S/C16H19N5/c1-11-5-12(2)7-13(6-11)8-15(20-17)14-9-19-21-4-3-18-10-16(14)21/h3-7,9-10,15,20H,8,17H2,1-2H3. The molecule has 2 aromatic heterocycles. The number of fused-ring (bicyclic) bond motifs is 1. The van der Waals surface area contributed by atoms with E-state index in [0.29, 0.717) is 0 Å². The van der Waals surface area contributed by atoms with Gasteiger partial charge in [-0.3, -0.25) is 16.3 Å². The van der Waals surface area contributed by atoms with Crippen LogP contribution in [0.4, 0.5) is 0 Å². The zero-order chi connectivity index (χ0) is 14.8. The lowest BCUT2D eigenvalue weighted by atomic mass is 9.98. The average molecular weight is 281 g/mol. The number of rotatable bonds is 4. The van der Waals surface area contributed by atoms with Crippen LogP contribution >= 0.6 is 0 Å². The van der Waals surface area contributed by atoms with Gasteiger partial charge in [-0.15, -0.1) is 0 Å². The molecule has 0 radical (unpaired) electrons. The van der Waals surface area contributed by atoms with Crippen molar-refractivity contribution in [3.63, 3.8) is 0 Å². The van der Waals surface area contributed by atoms with E-state index in [0.717, 1.165) is 17.5 Å². The summed E-state index contributed by atoms with van der Waals surface area (Å²) < 4.78 is 1.81. The van der Waals surface area contributed by atoms with Crippen LogP contribution in [-0.4, -0.2) is 14.6 Å². The van der Waals surface area contributed by atoms with Crippen molar-refractivity contribution in [3.8, 4) is 0 Å². The van der Waals surface area contributed by atoms with Crippen LogP contribution in [0.5, 0.6) is 0 Å². The fraction of sp³-hybridized carbons (Fsp3) is 0.250. The van der Waals surface area contributed by atoms with E-state index in [1.54, 1.807) is 6.20 Å². The smallest absolute Gasteiger partial charge is 0.0893 e. The number of benzene rings is 1. The van der Waals surface area contributed by atoms with E-state index in [1.165, 1.54) is 16.7 Å². The number of aryl methyl sites for hydroxylation is 2. The average Bonchev–Trinajstić information content (AvgIpc) is 2.87. The van der Waals surface area contributed by atoms with Gasteiger partial charge < -0.3 is 0 Å². The monoisotopic (exact) mass is 281 g/mol. The first-order valence-electron chi connectivity index (χ1n) is 6.98. The molecule has 1 atom stereocenters. The van der Waals surface area contributed by atoms with Crippen molar-refractivity contribution in [1.29, 1.82) is 0 Å². The molecule has 0 aliphatic carbocycles. The van der Waals surface area contributed by atoms with Gasteiger partial charge in [0.05, 0.1) is 24.0 Å². The van der Waals surface area contributed by atoms with Crippen molar-refractivity contribution in [2.24, 2.45) is 5.84 Å². The lowest BCUT2D eigenvalue weighted by Gasteiger charge is -2.16. The van der Waals surface area contributed by atoms with Gasteiger partial charge in [0.1, 0.15) is 0 Å². The van der Waals surface area contributed by atoms with Crippen LogP contribution in [0.3, 0.4) is 0 Å². The first-order chi connectivity index (χ1) is 10.2. The first kappa shape index (κ1) is 13.7. The summed E-state index contributed by atoms with van der Waals surface area (Å²) in [5.74, 6) is 5.77. The second-order valence-corrected chi connectivity index (χ2v) is 5.43. The molecule has 0 spiro atoms. The number of nitrogens with zero attached hydrogens (tertiary/aromatic N) is 3. The summed E-state index contributed by atoms with van der Waals surface area (Å²) in [6.07, 6.45) is 8.04. The lowest BCUT2D eigenvalue weighted by molar-refractivity contribution is 0.555. The van der Waals surface area contributed by atoms with Crippen molar-refractivity contribution >= 4 is 5.52 Å². The molecule has 0 amide bonds. The minimum atomic E-state index is 0.00731. The Morgan fingerprint density at radius 2 is 1.95 bits per heavy atom. The molecule has 0 saturated carbocycles. The summed E-state index contributed by atoms with van der Waals surface area (Å²) >= 11 is 0. The molecule has 5 nitrogen and oxygen atoms in total. The van der Waals surface area contributed by atoms with Crippen LogP contribution in [0.25, 0.3) is 5.52 Å². The van der Waals surface area contributed by atoms with E-state index < -0.39 is 0 Å². The van der Waals surface area contributed by atoms with Crippen molar-refractivity contribution in [2.45, 2.75) is 26.3 Å². The highest BCUT2D eigenvalue weighted by molar-refractivity contribution is 5.53. The highest BCUT2D eigenvalue weighted by Gasteiger charge is 2.16. The highest BCUT2D eigenvalue weighted by atomic mass is 15.3. The second-order valence-electron chi connectivity index (χ2n) is 5.43. The quantitative estimate of drug-likeness (QED) is 0.567. The van der Waals surface area contributed by atoms with Gasteiger partial charge in [-0.05, 0) is 25.8 Å². The minimum absolute atomic E-state index is 0.00731. The van der Waals surface area contributed by atoms with Crippen molar-refractivity contribution in [1.82, 2.24) is 20.0 Å². The van der Waals surface area contributed by atoms with Gasteiger partial charge in [-0.1, -0.05) is 29.3 Å². The van der Waals surface area contributed by atoms with Gasteiger partial charge in [-0.25, -0.2) is 4.52 Å². The van der Waals surface area contributed by atoms with Gasteiger partial charge >= 0.3 is 0 Å². The van der Waals surface area contributed by atoms with Gasteiger partial charge in [0, 0.05) is 18.0 Å². The van der Waals surface area contributed by atoms with Crippen LogP contribution in [-0.2, 0) is 6.42 Å². The Hall–Kier alpha value is -2.24. The van der Waals surface area contributed by atoms with E-state index >= 15 is 0 Å². The van der Waals surface area contributed by atoms with E-state index in [2.05, 4.69) is 47.6 Å². The Bertz CT molecular complexity index is 742. The van der Waals surface area contributed by atoms with Gasteiger partial charge in [0.25, 0.3) is 0 Å². The fourth-order valence-corrected chi connectivity index (χ4v) is 2.80. The lowest BCUT2D eigenvalue weighted by Crippen LogP contribution is -2.29. The number of aromatic nitrogens is 3. The van der Waals surface area contributed by atoms with Crippen molar-refractivity contribution in [3.05, 3.63) is 65.2 Å². The molecule has 0 saturated heterocycles. The predicted molar refractivity (Wildman–Crippen MR) is 82.7 cm³/mol. The molecule has 3 N–H and O–H groups in total. The first-order valence-corrected chi connectivity index (χ1v) is 6.98. The van der Waals surface area contributed by atoms with Crippen molar-refractivity contribution in [2.75, 3.05) is 0 Å². The molecule has 108 valence electrons. The van der Waals surface area contributed by atoms with E-state index in [-0.39, 0.29) is 6.04 Å². The number of hydrazine groups is 1. The Kier molecular flexibility index (Phi) is 3.68. The van der Waals surface area contributed by atoms with E-state index in [4.69, 9.17) is 5.84 Å². The third-order valence-electron chi connectivity index (χ3n) is 3.65. The Labute approximate surface area is 123 Å². The predicted octanol–water partition coefficient (Wildman–Crippen LogP) is 2.09. The van der Waals surface area contributed by atoms with Crippen LogP contribution in [0.2, 0.25) is 0 Å². The van der Waals surface area contributed by atoms with Crippen LogP contribution in [0, 0.1) is 13.8 Å². The number of hydrogen-bond donors (Lipinski definition) is 2. The zero-order valence-corrected chi connectivity index (χ0v) is 12.2. The second kappa shape index (κ2) is 5.63. The molecule has 1 unspecified atom stereocenters. The van der Waals surface area contributed by atoms with E-state index in [1.807, 2.05) is 23.1 Å². The maximum atomic E-state index is 5.77. The minimum Gasteiger partial charge on any atom is -0.271 e. The molecular weight excluding hydrogens is 262 g/mol. The van der Waals surface area contributed by atoms with E-state index in [9.17, 15) is 0 Å². The summed E-state index contributed by atoms with van der Waals surface area (Å²) in [6.45, 7) is 4.22. The van der Waals surface area contributed by atoms with Crippen LogP contribution in [0.1, 0.15) is 28.3 Å². The summed E-state index contributed by atoms with van der Waals surface area (Å²) in [5, 5.41) is 4.35. The molecule has 5 heteroatoms. The molecule has 3 rings (SSSR count). The fourth-order valence-electron chi connectivity index (χ4n) is 2.80. The third kappa shape index (κ3) is 2.79. The van der Waals surface area contributed by atoms with Crippen molar-refractivity contribution < 1.29 is 0 Å². The maximum Gasteiger partial charge on any atom is 0.0893 e. The third-order valence-corrected chi connectivity index (χ3v) is 3.65. The summed E-state index contributed by atoms with van der Waals surface area (Å²) in [4.78, 5) is 4.17. The molecule has 0 bridgehead atoms. The molecule has 0 aliphatic heterocycles. The SMILES string of the molecule is Cc1cc(C)cc(CC(NN)c2cnn3ccncc23)c1. The number of hydrogen-bond acceptors (Lipinski definition) is 4. The molecule has 2 heterocycles. The number of nitrogens with two attached hydrogens (primary N) is 1. The normalized spacial score (nSPS) is 12.7. The molecule has 0 aliphatic rings. The summed E-state index contributed by atoms with van der Waals surface area (Å²) in [6, 6.07) is 6.57. The Morgan fingerprint density at radius 1 is 1.19 bits per heavy atom. The van der Waals surface area contributed by atoms with Gasteiger partial charge in [0.2, 0.25) is 0 Å².